The molecule has 1 aromatic heterocycles. The van der Waals surface area contributed by atoms with E-state index in [2.05, 4.69) is 27.0 Å². The molecule has 1 aliphatic rings. The van der Waals surface area contributed by atoms with E-state index in [1.807, 2.05) is 0 Å². The summed E-state index contributed by atoms with van der Waals surface area (Å²) in [4.78, 5) is 3.99. The molecule has 5 nitrogen and oxygen atoms in total. The summed E-state index contributed by atoms with van der Waals surface area (Å²) in [6.45, 7) is 3.24. The highest BCUT2D eigenvalue weighted by Gasteiger charge is 2.47. The second kappa shape index (κ2) is 4.85. The zero-order chi connectivity index (χ0) is 14.3. The van der Waals surface area contributed by atoms with E-state index in [0.29, 0.717) is 4.47 Å². The Hall–Kier alpha value is -0.970. The Balaban J connectivity index is 2.50. The average molecular weight is 344 g/mol. The van der Waals surface area contributed by atoms with Gasteiger partial charge in [-0.15, -0.1) is 0 Å². The molecule has 0 radical (unpaired) electrons. The van der Waals surface area contributed by atoms with Crippen LogP contribution < -0.4 is 0 Å². The van der Waals surface area contributed by atoms with Gasteiger partial charge in [-0.2, -0.15) is 9.57 Å². The van der Waals surface area contributed by atoms with E-state index in [0.717, 1.165) is 12.8 Å². The molecule has 0 amide bonds. The van der Waals surface area contributed by atoms with Crippen LogP contribution in [-0.4, -0.2) is 29.3 Å². The van der Waals surface area contributed by atoms with Crippen molar-refractivity contribution < 1.29 is 8.42 Å². The van der Waals surface area contributed by atoms with Crippen molar-refractivity contribution >= 4 is 26.0 Å². The van der Waals surface area contributed by atoms with Crippen molar-refractivity contribution in [2.75, 3.05) is 0 Å². The maximum Gasteiger partial charge on any atom is 0.246 e. The molecule has 1 aliphatic carbocycles. The molecule has 0 unspecified atom stereocenters. The maximum absolute atomic E-state index is 12.7. The molecule has 1 aromatic rings. The Bertz CT molecular complexity index is 633. The van der Waals surface area contributed by atoms with Gasteiger partial charge in [-0.25, -0.2) is 8.42 Å². The van der Waals surface area contributed by atoms with Crippen molar-refractivity contribution in [2.24, 2.45) is 0 Å². The van der Waals surface area contributed by atoms with Crippen molar-refractivity contribution in [3.63, 3.8) is 0 Å². The summed E-state index contributed by atoms with van der Waals surface area (Å²) >= 11 is 3.21. The van der Waals surface area contributed by atoms with Crippen molar-refractivity contribution in [2.45, 2.75) is 43.2 Å². The van der Waals surface area contributed by atoms with E-state index in [-0.39, 0.29) is 10.9 Å². The summed E-state index contributed by atoms with van der Waals surface area (Å²) in [6.07, 6.45) is 4.43. The molecule has 1 fully saturated rings. The summed E-state index contributed by atoms with van der Waals surface area (Å²) in [5, 5.41) is 9.22. The summed E-state index contributed by atoms with van der Waals surface area (Å²) in [7, 11) is -3.71. The van der Waals surface area contributed by atoms with E-state index >= 15 is 0 Å². The van der Waals surface area contributed by atoms with E-state index in [1.165, 1.54) is 22.8 Å². The molecule has 0 atom stereocenters. The molecule has 2 rings (SSSR count). The first-order valence-corrected chi connectivity index (χ1v) is 8.09. The summed E-state index contributed by atoms with van der Waals surface area (Å²) in [5.74, 6) is 0. The van der Waals surface area contributed by atoms with Crippen LogP contribution in [0.5, 0.6) is 0 Å². The fraction of sp³-hybridized carbons (Fsp3) is 0.500. The van der Waals surface area contributed by atoms with Crippen molar-refractivity contribution in [1.29, 1.82) is 5.26 Å². The number of pyridine rings is 1. The van der Waals surface area contributed by atoms with Crippen LogP contribution in [0.25, 0.3) is 0 Å². The Morgan fingerprint density at radius 1 is 1.47 bits per heavy atom. The third-order valence-electron chi connectivity index (χ3n) is 2.94. The molecular weight excluding hydrogens is 330 g/mol. The SMILES string of the molecule is CC(C)(C#N)N(C1CC1)S(=O)(=O)c1cncc(Br)c1. The highest BCUT2D eigenvalue weighted by atomic mass is 79.9. The van der Waals surface area contributed by atoms with Crippen LogP contribution in [0.1, 0.15) is 26.7 Å². The highest BCUT2D eigenvalue weighted by molar-refractivity contribution is 9.10. The number of aromatic nitrogens is 1. The molecule has 0 aliphatic heterocycles. The van der Waals surface area contributed by atoms with Gasteiger partial charge in [0.1, 0.15) is 10.4 Å². The minimum Gasteiger partial charge on any atom is -0.262 e. The number of nitrogens with zero attached hydrogens (tertiary/aromatic N) is 3. The molecular formula is C12H14BrN3O2S. The topological polar surface area (TPSA) is 74.1 Å². The largest absolute Gasteiger partial charge is 0.262 e. The Kier molecular flexibility index (Phi) is 3.69. The third kappa shape index (κ3) is 2.81. The van der Waals surface area contributed by atoms with Gasteiger partial charge in [0.15, 0.2) is 0 Å². The summed E-state index contributed by atoms with van der Waals surface area (Å²) < 4.78 is 27.3. The molecule has 7 heteroatoms. The Labute approximate surface area is 121 Å². The zero-order valence-electron chi connectivity index (χ0n) is 10.7. The number of nitriles is 1. The molecule has 0 spiro atoms. The zero-order valence-corrected chi connectivity index (χ0v) is 13.1. The second-order valence-electron chi connectivity index (χ2n) is 5.04. The van der Waals surface area contributed by atoms with Crippen molar-refractivity contribution in [3.8, 4) is 6.07 Å². The fourth-order valence-corrected chi connectivity index (χ4v) is 4.42. The van der Waals surface area contributed by atoms with E-state index < -0.39 is 15.6 Å². The molecule has 1 saturated carbocycles. The monoisotopic (exact) mass is 343 g/mol. The van der Waals surface area contributed by atoms with Crippen LogP contribution >= 0.6 is 15.9 Å². The molecule has 0 saturated heterocycles. The van der Waals surface area contributed by atoms with Gasteiger partial charge in [0, 0.05) is 22.9 Å². The first kappa shape index (κ1) is 14.4. The van der Waals surface area contributed by atoms with Gasteiger partial charge in [0.25, 0.3) is 0 Å². The minimum absolute atomic E-state index is 0.0846. The number of hydrogen-bond donors (Lipinski definition) is 0. The normalized spacial score (nSPS) is 16.4. The van der Waals surface area contributed by atoms with Crippen LogP contribution in [0, 0.1) is 11.3 Å². The van der Waals surface area contributed by atoms with E-state index in [1.54, 1.807) is 13.8 Å². The fourth-order valence-electron chi connectivity index (χ4n) is 1.96. The number of halogens is 1. The second-order valence-corrected chi connectivity index (χ2v) is 7.77. The average Bonchev–Trinajstić information content (AvgIpc) is 3.13. The van der Waals surface area contributed by atoms with Crippen molar-refractivity contribution in [3.05, 3.63) is 22.9 Å². The molecule has 0 aromatic carbocycles. The predicted molar refractivity (Wildman–Crippen MR) is 73.7 cm³/mol. The van der Waals surface area contributed by atoms with Gasteiger partial charge < -0.3 is 0 Å². The molecule has 19 heavy (non-hydrogen) atoms. The summed E-state index contributed by atoms with van der Waals surface area (Å²) in [6, 6.07) is 3.49. The Morgan fingerprint density at radius 2 is 2.11 bits per heavy atom. The number of rotatable bonds is 4. The van der Waals surface area contributed by atoms with Crippen LogP contribution in [-0.2, 0) is 10.0 Å². The molecule has 102 valence electrons. The number of hydrogen-bond acceptors (Lipinski definition) is 4. The third-order valence-corrected chi connectivity index (χ3v) is 5.46. The Morgan fingerprint density at radius 3 is 2.58 bits per heavy atom. The lowest BCUT2D eigenvalue weighted by Crippen LogP contribution is -2.48. The van der Waals surface area contributed by atoms with Gasteiger partial charge in [0.05, 0.1) is 6.07 Å². The maximum atomic E-state index is 12.7. The predicted octanol–water partition coefficient (Wildman–Crippen LogP) is 2.30. The lowest BCUT2D eigenvalue weighted by atomic mass is 10.1. The summed E-state index contributed by atoms with van der Waals surface area (Å²) in [5.41, 5.74) is -1.07. The molecule has 0 bridgehead atoms. The van der Waals surface area contributed by atoms with Gasteiger partial charge in [-0.1, -0.05) is 0 Å². The van der Waals surface area contributed by atoms with E-state index in [4.69, 9.17) is 0 Å². The van der Waals surface area contributed by atoms with Gasteiger partial charge in [-0.05, 0) is 48.7 Å². The number of sulfonamides is 1. The van der Waals surface area contributed by atoms with Crippen LogP contribution in [0.2, 0.25) is 0 Å². The quantitative estimate of drug-likeness (QED) is 0.840. The first-order valence-electron chi connectivity index (χ1n) is 5.85. The van der Waals surface area contributed by atoms with Crippen molar-refractivity contribution in [1.82, 2.24) is 9.29 Å². The highest BCUT2D eigenvalue weighted by Crippen LogP contribution is 2.37. The smallest absolute Gasteiger partial charge is 0.246 e. The molecule has 0 N–H and O–H groups in total. The lowest BCUT2D eigenvalue weighted by molar-refractivity contribution is 0.280. The van der Waals surface area contributed by atoms with Gasteiger partial charge in [-0.3, -0.25) is 4.98 Å². The standard InChI is InChI=1S/C12H14BrN3O2S/c1-12(2,8-14)16(10-3-4-10)19(17,18)11-5-9(13)6-15-7-11/h5-7,10H,3-4H2,1-2H3. The minimum atomic E-state index is -3.71. The van der Waals surface area contributed by atoms with Crippen LogP contribution in [0.4, 0.5) is 0 Å². The van der Waals surface area contributed by atoms with Gasteiger partial charge in [0.2, 0.25) is 10.0 Å². The van der Waals surface area contributed by atoms with Crippen LogP contribution in [0.3, 0.4) is 0 Å². The first-order chi connectivity index (χ1) is 8.79. The molecule has 1 heterocycles. The van der Waals surface area contributed by atoms with E-state index in [9.17, 15) is 13.7 Å². The lowest BCUT2D eigenvalue weighted by Gasteiger charge is -2.32. The van der Waals surface area contributed by atoms with Crippen LogP contribution in [0.15, 0.2) is 27.8 Å². The van der Waals surface area contributed by atoms with Gasteiger partial charge >= 0.3 is 0 Å².